The summed E-state index contributed by atoms with van der Waals surface area (Å²) in [6, 6.07) is 0.436. The number of ether oxygens (including phenoxy) is 1. The second kappa shape index (κ2) is 4.53. The number of nitrogens with one attached hydrogen (secondary N) is 1. The Bertz CT molecular complexity index is 192. The molecule has 0 spiro atoms. The van der Waals surface area contributed by atoms with Gasteiger partial charge in [-0.15, -0.1) is 0 Å². The van der Waals surface area contributed by atoms with E-state index in [9.17, 15) is 4.21 Å². The highest BCUT2D eigenvalue weighted by Crippen LogP contribution is 2.18. The molecule has 2 fully saturated rings. The highest BCUT2D eigenvalue weighted by molar-refractivity contribution is 7.85. The minimum atomic E-state index is -0.602. The molecule has 3 atom stereocenters. The zero-order valence-electron chi connectivity index (χ0n) is 7.83. The third kappa shape index (κ3) is 2.51. The molecule has 76 valence electrons. The van der Waals surface area contributed by atoms with Crippen LogP contribution in [-0.2, 0) is 15.5 Å². The second-order valence-electron chi connectivity index (χ2n) is 3.85. The average Bonchev–Trinajstić information content (AvgIpc) is 2.56. The van der Waals surface area contributed by atoms with Crippen molar-refractivity contribution in [2.45, 2.75) is 18.9 Å². The molecule has 2 aliphatic heterocycles. The summed E-state index contributed by atoms with van der Waals surface area (Å²) >= 11 is 0. The first-order chi connectivity index (χ1) is 6.36. The fourth-order valence-electron chi connectivity index (χ4n) is 2.04. The molecule has 3 nitrogen and oxygen atoms in total. The molecular weight excluding hydrogens is 186 g/mol. The van der Waals surface area contributed by atoms with Crippen molar-refractivity contribution in [1.82, 2.24) is 5.32 Å². The van der Waals surface area contributed by atoms with Crippen molar-refractivity contribution < 1.29 is 8.95 Å². The van der Waals surface area contributed by atoms with Gasteiger partial charge in [-0.1, -0.05) is 0 Å². The van der Waals surface area contributed by atoms with E-state index in [4.69, 9.17) is 4.74 Å². The van der Waals surface area contributed by atoms with Gasteiger partial charge in [-0.05, 0) is 19.4 Å². The summed E-state index contributed by atoms with van der Waals surface area (Å²) in [5.41, 5.74) is 0. The van der Waals surface area contributed by atoms with E-state index in [0.29, 0.717) is 12.0 Å². The van der Waals surface area contributed by atoms with Gasteiger partial charge in [0.25, 0.3) is 0 Å². The third-order valence-corrected chi connectivity index (χ3v) is 4.33. The molecule has 0 amide bonds. The molecule has 13 heavy (non-hydrogen) atoms. The largest absolute Gasteiger partial charge is 0.381 e. The first-order valence-electron chi connectivity index (χ1n) is 5.02. The summed E-state index contributed by atoms with van der Waals surface area (Å²) in [4.78, 5) is 0. The van der Waals surface area contributed by atoms with Crippen molar-refractivity contribution in [3.63, 3.8) is 0 Å². The Morgan fingerprint density at radius 1 is 1.46 bits per heavy atom. The molecule has 0 saturated carbocycles. The van der Waals surface area contributed by atoms with E-state index in [0.717, 1.165) is 44.1 Å². The molecule has 2 heterocycles. The maximum absolute atomic E-state index is 11.5. The highest BCUT2D eigenvalue weighted by atomic mass is 32.2. The van der Waals surface area contributed by atoms with Gasteiger partial charge in [0, 0.05) is 40.9 Å². The molecule has 0 aromatic rings. The van der Waals surface area contributed by atoms with Crippen molar-refractivity contribution in [2.24, 2.45) is 5.92 Å². The van der Waals surface area contributed by atoms with Gasteiger partial charge in [0.1, 0.15) is 0 Å². The molecule has 2 aliphatic rings. The van der Waals surface area contributed by atoms with Crippen LogP contribution in [-0.4, -0.2) is 41.5 Å². The summed E-state index contributed by atoms with van der Waals surface area (Å²) in [6.07, 6.45) is 2.19. The lowest BCUT2D eigenvalue weighted by Crippen LogP contribution is -2.39. The van der Waals surface area contributed by atoms with E-state index < -0.39 is 10.8 Å². The lowest BCUT2D eigenvalue weighted by atomic mass is 10.0. The van der Waals surface area contributed by atoms with Gasteiger partial charge in [-0.2, -0.15) is 0 Å². The first kappa shape index (κ1) is 9.62. The topological polar surface area (TPSA) is 38.3 Å². The molecule has 0 aromatic carbocycles. The lowest BCUT2D eigenvalue weighted by molar-refractivity contribution is 0.179. The highest BCUT2D eigenvalue weighted by Gasteiger charge is 2.27. The Morgan fingerprint density at radius 2 is 2.38 bits per heavy atom. The fraction of sp³-hybridized carbons (Fsp3) is 1.00. The van der Waals surface area contributed by atoms with Crippen LogP contribution in [0.5, 0.6) is 0 Å². The zero-order valence-corrected chi connectivity index (χ0v) is 8.65. The number of hydrogen-bond donors (Lipinski definition) is 1. The van der Waals surface area contributed by atoms with E-state index in [2.05, 4.69) is 5.32 Å². The summed E-state index contributed by atoms with van der Waals surface area (Å²) in [7, 11) is -0.602. The number of hydrogen-bond acceptors (Lipinski definition) is 3. The molecule has 3 unspecified atom stereocenters. The van der Waals surface area contributed by atoms with Crippen LogP contribution in [0.25, 0.3) is 0 Å². The van der Waals surface area contributed by atoms with E-state index in [1.807, 2.05) is 0 Å². The van der Waals surface area contributed by atoms with Crippen molar-refractivity contribution in [3.8, 4) is 0 Å². The van der Waals surface area contributed by atoms with Crippen molar-refractivity contribution >= 4 is 10.8 Å². The molecule has 2 rings (SSSR count). The minimum absolute atomic E-state index is 0.436. The van der Waals surface area contributed by atoms with Gasteiger partial charge in [-0.25, -0.2) is 0 Å². The summed E-state index contributed by atoms with van der Waals surface area (Å²) in [5, 5.41) is 3.48. The Morgan fingerprint density at radius 3 is 3.15 bits per heavy atom. The molecule has 0 bridgehead atoms. The van der Waals surface area contributed by atoms with Crippen LogP contribution in [0.15, 0.2) is 0 Å². The maximum Gasteiger partial charge on any atom is 0.0510 e. The summed E-state index contributed by atoms with van der Waals surface area (Å²) in [6.45, 7) is 2.76. The van der Waals surface area contributed by atoms with Crippen molar-refractivity contribution in [2.75, 3.05) is 31.3 Å². The molecule has 4 heteroatoms. The quantitative estimate of drug-likeness (QED) is 0.658. The zero-order chi connectivity index (χ0) is 9.10. The Balaban J connectivity index is 1.92. The molecule has 1 N–H and O–H groups in total. The molecular formula is C9H17NO2S. The van der Waals surface area contributed by atoms with E-state index in [1.165, 1.54) is 0 Å². The van der Waals surface area contributed by atoms with Crippen LogP contribution in [0.2, 0.25) is 0 Å². The maximum atomic E-state index is 11.5. The smallest absolute Gasteiger partial charge is 0.0510 e. The first-order valence-corrected chi connectivity index (χ1v) is 6.51. The third-order valence-electron chi connectivity index (χ3n) is 2.85. The van der Waals surface area contributed by atoms with Crippen LogP contribution >= 0.6 is 0 Å². The predicted molar refractivity (Wildman–Crippen MR) is 53.2 cm³/mol. The standard InChI is InChI=1S/C9H17NO2S/c11-13-5-1-3-10-9(7-13)8-2-4-12-6-8/h8-10H,1-7H2. The van der Waals surface area contributed by atoms with E-state index in [1.54, 1.807) is 0 Å². The Labute approximate surface area is 81.7 Å². The van der Waals surface area contributed by atoms with Gasteiger partial charge < -0.3 is 10.1 Å². The van der Waals surface area contributed by atoms with Crippen LogP contribution in [0.4, 0.5) is 0 Å². The van der Waals surface area contributed by atoms with E-state index in [-0.39, 0.29) is 0 Å². The van der Waals surface area contributed by atoms with Gasteiger partial charge in [0.15, 0.2) is 0 Å². The molecule has 0 aliphatic carbocycles. The molecule has 0 radical (unpaired) electrons. The van der Waals surface area contributed by atoms with Gasteiger partial charge in [0.05, 0.1) is 6.61 Å². The predicted octanol–water partition coefficient (Wildman–Crippen LogP) is 0.133. The van der Waals surface area contributed by atoms with Gasteiger partial charge in [0.2, 0.25) is 0 Å². The summed E-state index contributed by atoms with van der Waals surface area (Å²) in [5.74, 6) is 2.30. The Kier molecular flexibility index (Phi) is 3.35. The fourth-order valence-corrected chi connectivity index (χ4v) is 3.46. The van der Waals surface area contributed by atoms with Crippen molar-refractivity contribution in [3.05, 3.63) is 0 Å². The van der Waals surface area contributed by atoms with Gasteiger partial charge >= 0.3 is 0 Å². The SMILES string of the molecule is O=S1CCCNC(C2CCOC2)C1. The monoisotopic (exact) mass is 203 g/mol. The van der Waals surface area contributed by atoms with E-state index >= 15 is 0 Å². The second-order valence-corrected chi connectivity index (χ2v) is 5.47. The van der Waals surface area contributed by atoms with Crippen LogP contribution < -0.4 is 5.32 Å². The Hall–Kier alpha value is 0.0700. The molecule has 2 saturated heterocycles. The minimum Gasteiger partial charge on any atom is -0.381 e. The van der Waals surface area contributed by atoms with Crippen LogP contribution in [0.1, 0.15) is 12.8 Å². The average molecular weight is 203 g/mol. The normalized spacial score (nSPS) is 41.7. The summed E-state index contributed by atoms with van der Waals surface area (Å²) < 4.78 is 16.8. The van der Waals surface area contributed by atoms with Gasteiger partial charge in [-0.3, -0.25) is 4.21 Å². The van der Waals surface area contributed by atoms with Crippen LogP contribution in [0, 0.1) is 5.92 Å². The van der Waals surface area contributed by atoms with Crippen molar-refractivity contribution in [1.29, 1.82) is 0 Å². The molecule has 0 aromatic heterocycles. The lowest BCUT2D eigenvalue weighted by Gasteiger charge is -2.20. The van der Waals surface area contributed by atoms with Crippen LogP contribution in [0.3, 0.4) is 0 Å². The number of rotatable bonds is 1.